The van der Waals surface area contributed by atoms with Crippen LogP contribution in [0.4, 0.5) is 0 Å². The average Bonchev–Trinajstić information content (AvgIpc) is 3.50. The zero-order valence-corrected chi connectivity index (χ0v) is 58.4. The maximum atomic E-state index is 12.9. The molecule has 87 heavy (non-hydrogen) atoms. The molecule has 0 radical (unpaired) electrons. The van der Waals surface area contributed by atoms with Crippen molar-refractivity contribution in [2.24, 2.45) is 0 Å². The molecule has 0 amide bonds. The molecule has 0 saturated heterocycles. The van der Waals surface area contributed by atoms with Crippen LogP contribution in [-0.2, 0) is 33.3 Å². The highest BCUT2D eigenvalue weighted by Gasteiger charge is 2.22. The lowest BCUT2D eigenvalue weighted by Crippen LogP contribution is -2.44. The van der Waals surface area contributed by atoms with E-state index in [-0.39, 0.29) is 32.2 Å². The van der Waals surface area contributed by atoms with Gasteiger partial charge < -0.3 is 33.3 Å². The molecule has 0 aromatic carbocycles. The third-order valence-electron chi connectivity index (χ3n) is 17.0. The number of hydrogen-bond donors (Lipinski definition) is 0. The van der Waals surface area contributed by atoms with E-state index in [0.29, 0.717) is 23.9 Å². The van der Waals surface area contributed by atoms with Gasteiger partial charge in [0, 0.05) is 12.8 Å². The van der Waals surface area contributed by atoms with Crippen LogP contribution in [0.5, 0.6) is 0 Å². The van der Waals surface area contributed by atoms with E-state index < -0.39 is 24.3 Å². The average molecular weight is 1230 g/mol. The highest BCUT2D eigenvalue weighted by atomic mass is 16.7. The van der Waals surface area contributed by atoms with Gasteiger partial charge >= 0.3 is 11.9 Å². The van der Waals surface area contributed by atoms with Crippen molar-refractivity contribution in [3.05, 3.63) is 48.6 Å². The smallest absolute Gasteiger partial charge is 0.306 e. The molecular weight excluding hydrogens is 1080 g/mol. The van der Waals surface area contributed by atoms with Gasteiger partial charge in [-0.1, -0.05) is 332 Å². The summed E-state index contributed by atoms with van der Waals surface area (Å²) in [5.74, 6) is -2.27. The van der Waals surface area contributed by atoms with Crippen molar-refractivity contribution in [2.45, 2.75) is 386 Å². The molecule has 2 unspecified atom stereocenters. The number of unbranched alkanes of at least 4 members (excludes halogenated alkanes) is 48. The number of carboxylic acid groups (broad SMARTS) is 1. The van der Waals surface area contributed by atoms with Gasteiger partial charge in [-0.25, -0.2) is 0 Å². The first-order chi connectivity index (χ1) is 42.6. The molecule has 0 N–H and O–H groups in total. The van der Waals surface area contributed by atoms with E-state index in [9.17, 15) is 19.5 Å². The maximum absolute atomic E-state index is 12.9. The van der Waals surface area contributed by atoms with Gasteiger partial charge in [-0.05, 0) is 77.0 Å². The summed E-state index contributed by atoms with van der Waals surface area (Å²) in [4.78, 5) is 37.5. The highest BCUT2D eigenvalue weighted by Crippen LogP contribution is 2.19. The number of ether oxygens (including phenoxy) is 4. The zero-order chi connectivity index (χ0) is 63.3. The largest absolute Gasteiger partial charge is 0.545 e. The molecule has 0 heterocycles. The van der Waals surface area contributed by atoms with E-state index in [1.807, 2.05) is 21.1 Å². The van der Waals surface area contributed by atoms with Crippen LogP contribution in [0.2, 0.25) is 0 Å². The van der Waals surface area contributed by atoms with E-state index in [1.165, 1.54) is 283 Å². The van der Waals surface area contributed by atoms with Crippen molar-refractivity contribution in [3.63, 3.8) is 0 Å². The molecule has 2 atom stereocenters. The Morgan fingerprint density at radius 1 is 0.345 bits per heavy atom. The Hall–Kier alpha value is -2.75. The summed E-state index contributed by atoms with van der Waals surface area (Å²) in [5, 5.41) is 11.8. The number of rotatable bonds is 71. The van der Waals surface area contributed by atoms with Crippen molar-refractivity contribution < 1.29 is 42.9 Å². The summed E-state index contributed by atoms with van der Waals surface area (Å²) >= 11 is 0. The topological polar surface area (TPSA) is 111 Å². The molecule has 0 aliphatic rings. The summed E-state index contributed by atoms with van der Waals surface area (Å²) in [6.45, 7) is 4.78. The molecule has 0 aromatic rings. The van der Waals surface area contributed by atoms with Gasteiger partial charge in [-0.15, -0.1) is 0 Å². The van der Waals surface area contributed by atoms with Crippen LogP contribution in [0.1, 0.15) is 373 Å². The molecule has 0 rings (SSSR count). The molecule has 0 fully saturated rings. The molecule has 0 aliphatic heterocycles. The van der Waals surface area contributed by atoms with Crippen molar-refractivity contribution in [2.75, 3.05) is 47.5 Å². The Bertz CT molecular complexity index is 1570. The van der Waals surface area contributed by atoms with E-state index in [2.05, 4.69) is 62.5 Å². The lowest BCUT2D eigenvalue weighted by Gasteiger charge is -2.26. The predicted octanol–water partition coefficient (Wildman–Crippen LogP) is 22.4. The number of quaternary nitrogens is 1. The number of carboxylic acids is 1. The van der Waals surface area contributed by atoms with Crippen molar-refractivity contribution in [1.82, 2.24) is 0 Å². The van der Waals surface area contributed by atoms with Gasteiger partial charge in [-0.2, -0.15) is 0 Å². The summed E-state index contributed by atoms with van der Waals surface area (Å²) in [7, 11) is 5.94. The molecule has 0 aliphatic carbocycles. The van der Waals surface area contributed by atoms with Crippen LogP contribution in [0.15, 0.2) is 48.6 Å². The molecule has 510 valence electrons. The number of carbonyl (C=O) groups is 3. The molecule has 9 heteroatoms. The van der Waals surface area contributed by atoms with Gasteiger partial charge in [0.2, 0.25) is 0 Å². The number of aliphatic carboxylic acids is 1. The number of allylic oxidation sites excluding steroid dienone is 8. The van der Waals surface area contributed by atoms with Crippen LogP contribution in [0.3, 0.4) is 0 Å². The number of carbonyl (C=O) groups excluding carboxylic acids is 3. The van der Waals surface area contributed by atoms with Crippen LogP contribution in [0, 0.1) is 0 Å². The van der Waals surface area contributed by atoms with Crippen molar-refractivity contribution >= 4 is 17.9 Å². The number of hydrogen-bond acceptors (Lipinski definition) is 8. The van der Waals surface area contributed by atoms with Gasteiger partial charge in [0.1, 0.15) is 13.2 Å². The number of nitrogens with zero attached hydrogens (tertiary/aromatic N) is 1. The van der Waals surface area contributed by atoms with Crippen LogP contribution in [-0.4, -0.2) is 82.3 Å². The molecule has 0 saturated carbocycles. The fourth-order valence-corrected chi connectivity index (χ4v) is 11.2. The summed E-state index contributed by atoms with van der Waals surface area (Å²) in [5.41, 5.74) is 0. The first kappa shape index (κ1) is 84.2. The predicted molar refractivity (Wildman–Crippen MR) is 371 cm³/mol. The van der Waals surface area contributed by atoms with Gasteiger partial charge in [0.05, 0.1) is 40.3 Å². The summed E-state index contributed by atoms with van der Waals surface area (Å²) < 4.78 is 22.8. The standard InChI is InChI=1S/C78H145NO8/c1-6-8-10-12-14-16-18-20-22-24-26-28-30-31-32-33-34-35-36-37-38-39-40-41-42-43-44-45-47-48-50-52-54-56-58-60-62-64-66-68-75(80)85-72-74(73-86-78(77(82)83)84-71-70-79(3,4)5)87-76(81)69-67-65-63-61-59-57-55-53-51-49-46-29-27-25-23-21-19-17-15-13-11-9-7-2/h19,21,24-27,46,49,74,78H,6-18,20,22-23,28-45,47-48,50-73H2,1-5H3/b21-19-,26-24-,27-25-,49-46-. The first-order valence-corrected chi connectivity index (χ1v) is 37.8. The van der Waals surface area contributed by atoms with Crippen molar-refractivity contribution in [3.8, 4) is 0 Å². The molecular formula is C78H145NO8. The van der Waals surface area contributed by atoms with E-state index in [4.69, 9.17) is 18.9 Å². The third kappa shape index (κ3) is 70.6. The lowest BCUT2D eigenvalue weighted by molar-refractivity contribution is -0.870. The monoisotopic (exact) mass is 1220 g/mol. The van der Waals surface area contributed by atoms with Crippen molar-refractivity contribution in [1.29, 1.82) is 0 Å². The lowest BCUT2D eigenvalue weighted by atomic mass is 10.0. The minimum absolute atomic E-state index is 0.147. The second-order valence-corrected chi connectivity index (χ2v) is 26.9. The fraction of sp³-hybridized carbons (Fsp3) is 0.859. The minimum Gasteiger partial charge on any atom is -0.545 e. The van der Waals surface area contributed by atoms with Gasteiger partial charge in [0.15, 0.2) is 12.4 Å². The normalized spacial score (nSPS) is 12.9. The third-order valence-corrected chi connectivity index (χ3v) is 17.0. The minimum atomic E-state index is -1.62. The Labute approximate surface area is 540 Å². The van der Waals surface area contributed by atoms with Gasteiger partial charge in [-0.3, -0.25) is 9.59 Å². The van der Waals surface area contributed by atoms with E-state index in [0.717, 1.165) is 57.8 Å². The second-order valence-electron chi connectivity index (χ2n) is 26.9. The quantitative estimate of drug-likeness (QED) is 0.0195. The Morgan fingerprint density at radius 2 is 0.621 bits per heavy atom. The summed E-state index contributed by atoms with van der Waals surface area (Å²) in [6.07, 6.45) is 86.6. The molecule has 9 nitrogen and oxygen atoms in total. The van der Waals surface area contributed by atoms with Crippen LogP contribution in [0.25, 0.3) is 0 Å². The first-order valence-electron chi connectivity index (χ1n) is 37.8. The number of likely N-dealkylation sites (N-methyl/N-ethyl adjacent to an activating group) is 1. The molecule has 0 bridgehead atoms. The van der Waals surface area contributed by atoms with E-state index >= 15 is 0 Å². The summed E-state index contributed by atoms with van der Waals surface area (Å²) in [6, 6.07) is 0. The van der Waals surface area contributed by atoms with Gasteiger partial charge in [0.25, 0.3) is 0 Å². The molecule has 0 spiro atoms. The number of esters is 2. The maximum Gasteiger partial charge on any atom is 0.306 e. The van der Waals surface area contributed by atoms with E-state index in [1.54, 1.807) is 0 Å². The Balaban J connectivity index is 3.97. The zero-order valence-electron chi connectivity index (χ0n) is 58.4. The van der Waals surface area contributed by atoms with Crippen LogP contribution < -0.4 is 5.11 Å². The fourth-order valence-electron chi connectivity index (χ4n) is 11.2. The Morgan fingerprint density at radius 3 is 0.931 bits per heavy atom. The second kappa shape index (κ2) is 69.1. The Kier molecular flexibility index (Phi) is 67.0. The van der Waals surface area contributed by atoms with Crippen LogP contribution >= 0.6 is 0 Å². The highest BCUT2D eigenvalue weighted by molar-refractivity contribution is 5.70. The molecule has 0 aromatic heterocycles. The SMILES string of the molecule is CCCCCCC/C=C\C/C=C\C/C=C\CCCCCCCCCCC(=O)OC(COC(=O)CCCCCCCCCCCCCCCCCCCCCCCCCCCCC/C=C\CCCCCCCCCC)COC(OCC[N+](C)(C)C)C(=O)[O-].